The molecule has 0 fully saturated rings. The van der Waals surface area contributed by atoms with Crippen LogP contribution < -0.4 is 0 Å². The maximum absolute atomic E-state index is 13.3. The van der Waals surface area contributed by atoms with Crippen molar-refractivity contribution in [1.29, 1.82) is 0 Å². The van der Waals surface area contributed by atoms with Gasteiger partial charge in [-0.15, -0.1) is 0 Å². The number of halogens is 3. The lowest BCUT2D eigenvalue weighted by atomic mass is 10.1. The Kier molecular flexibility index (Phi) is 7.63. The van der Waals surface area contributed by atoms with Gasteiger partial charge in [-0.1, -0.05) is 13.0 Å². The molecule has 6 nitrogen and oxygen atoms in total. The van der Waals surface area contributed by atoms with Crippen LogP contribution in [0.15, 0.2) is 65.4 Å². The summed E-state index contributed by atoms with van der Waals surface area (Å²) in [5.74, 6) is -0.363. The molecule has 0 aliphatic rings. The molecule has 0 N–H and O–H groups in total. The first-order chi connectivity index (χ1) is 15.7. The molecule has 0 radical (unpaired) electrons. The minimum Gasteiger partial charge on any atom is -0.467 e. The Morgan fingerprint density at radius 2 is 1.82 bits per heavy atom. The van der Waals surface area contributed by atoms with Crippen LogP contribution in [0.4, 0.5) is 13.2 Å². The van der Waals surface area contributed by atoms with Gasteiger partial charge in [-0.3, -0.25) is 9.59 Å². The van der Waals surface area contributed by atoms with Crippen LogP contribution in [0.5, 0.6) is 0 Å². The summed E-state index contributed by atoms with van der Waals surface area (Å²) in [7, 11) is 1.87. The molecule has 33 heavy (non-hydrogen) atoms. The summed E-state index contributed by atoms with van der Waals surface area (Å²) >= 11 is 0. The van der Waals surface area contributed by atoms with Gasteiger partial charge in [-0.2, -0.15) is 13.2 Å². The first-order valence-corrected chi connectivity index (χ1v) is 10.6. The number of nitrogens with zero attached hydrogens (tertiary/aromatic N) is 3. The number of hydrogen-bond acceptors (Lipinski definition) is 3. The molecule has 2 aromatic heterocycles. The van der Waals surface area contributed by atoms with Crippen molar-refractivity contribution in [1.82, 2.24) is 14.4 Å². The summed E-state index contributed by atoms with van der Waals surface area (Å²) < 4.78 is 46.6. The third-order valence-corrected chi connectivity index (χ3v) is 5.23. The molecule has 0 spiro atoms. The molecular weight excluding hydrogens is 435 g/mol. The van der Waals surface area contributed by atoms with Crippen LogP contribution in [-0.2, 0) is 31.1 Å². The molecule has 0 atom stereocenters. The zero-order chi connectivity index (χ0) is 24.0. The van der Waals surface area contributed by atoms with Crippen molar-refractivity contribution in [3.8, 4) is 0 Å². The van der Waals surface area contributed by atoms with E-state index in [-0.39, 0.29) is 31.1 Å². The van der Waals surface area contributed by atoms with E-state index >= 15 is 0 Å². The van der Waals surface area contributed by atoms with Crippen molar-refractivity contribution in [3.63, 3.8) is 0 Å². The average molecular weight is 461 g/mol. The SMILES string of the molecule is CCCN(CC(=O)N(Cc1ccco1)Cc1cccn1C)C(=O)c1cccc(C(F)(F)F)c1. The molecule has 176 valence electrons. The quantitative estimate of drug-likeness (QED) is 0.464. The lowest BCUT2D eigenvalue weighted by Gasteiger charge is -2.27. The van der Waals surface area contributed by atoms with Crippen molar-refractivity contribution < 1.29 is 27.2 Å². The number of alkyl halides is 3. The van der Waals surface area contributed by atoms with Crippen LogP contribution in [0.1, 0.15) is 40.7 Å². The van der Waals surface area contributed by atoms with Crippen molar-refractivity contribution in [2.75, 3.05) is 13.1 Å². The van der Waals surface area contributed by atoms with E-state index in [0.29, 0.717) is 18.7 Å². The Morgan fingerprint density at radius 1 is 1.03 bits per heavy atom. The molecule has 0 aliphatic carbocycles. The summed E-state index contributed by atoms with van der Waals surface area (Å²) in [6, 6.07) is 11.5. The van der Waals surface area contributed by atoms with Gasteiger partial charge in [0.1, 0.15) is 12.3 Å². The van der Waals surface area contributed by atoms with Crippen LogP contribution in [0.3, 0.4) is 0 Å². The molecule has 9 heteroatoms. The van der Waals surface area contributed by atoms with Gasteiger partial charge in [-0.25, -0.2) is 0 Å². The Hall–Kier alpha value is -3.49. The number of benzene rings is 1. The van der Waals surface area contributed by atoms with Crippen molar-refractivity contribution in [2.45, 2.75) is 32.6 Å². The number of aryl methyl sites for hydroxylation is 1. The van der Waals surface area contributed by atoms with Gasteiger partial charge in [0.2, 0.25) is 5.91 Å². The Bertz CT molecular complexity index is 1070. The van der Waals surface area contributed by atoms with Crippen molar-refractivity contribution in [2.24, 2.45) is 7.05 Å². The number of carbonyl (C=O) groups is 2. The maximum Gasteiger partial charge on any atom is 0.416 e. The maximum atomic E-state index is 13.3. The van der Waals surface area contributed by atoms with E-state index in [0.717, 1.165) is 17.8 Å². The molecule has 0 saturated carbocycles. The van der Waals surface area contributed by atoms with E-state index < -0.39 is 17.6 Å². The first kappa shape index (κ1) is 24.2. The fraction of sp³-hybridized carbons (Fsp3) is 0.333. The largest absolute Gasteiger partial charge is 0.467 e. The average Bonchev–Trinajstić information content (AvgIpc) is 3.44. The number of rotatable bonds is 9. The predicted octanol–water partition coefficient (Wildman–Crippen LogP) is 4.72. The number of aromatic nitrogens is 1. The van der Waals surface area contributed by atoms with E-state index in [4.69, 9.17) is 4.42 Å². The van der Waals surface area contributed by atoms with E-state index in [1.165, 1.54) is 23.3 Å². The van der Waals surface area contributed by atoms with Crippen LogP contribution in [0.2, 0.25) is 0 Å². The minimum absolute atomic E-state index is 0.105. The number of hydrogen-bond donors (Lipinski definition) is 0. The normalized spacial score (nSPS) is 11.4. The molecule has 1 aromatic carbocycles. The second kappa shape index (κ2) is 10.4. The van der Waals surface area contributed by atoms with Crippen molar-refractivity contribution in [3.05, 3.63) is 83.6 Å². The molecule has 0 aliphatic heterocycles. The molecular formula is C24H26F3N3O3. The highest BCUT2D eigenvalue weighted by atomic mass is 19.4. The van der Waals surface area contributed by atoms with Gasteiger partial charge in [0.15, 0.2) is 0 Å². The molecule has 0 unspecified atom stereocenters. The van der Waals surface area contributed by atoms with Crippen LogP contribution in [0, 0.1) is 0 Å². The van der Waals surface area contributed by atoms with E-state index in [1.54, 1.807) is 17.0 Å². The van der Waals surface area contributed by atoms with E-state index in [2.05, 4.69) is 0 Å². The van der Waals surface area contributed by atoms with Gasteiger partial charge in [0.05, 0.1) is 24.9 Å². The molecule has 2 heterocycles. The first-order valence-electron chi connectivity index (χ1n) is 10.6. The molecule has 3 aromatic rings. The molecule has 3 rings (SSSR count). The minimum atomic E-state index is -4.56. The Morgan fingerprint density at radius 3 is 2.42 bits per heavy atom. The van der Waals surface area contributed by atoms with Crippen LogP contribution in [0.25, 0.3) is 0 Å². The standard InChI is InChI=1S/C24H26F3N3O3/c1-3-11-29(23(32)18-7-4-8-19(14-18)24(25,26)27)17-22(31)30(16-21-10-6-13-33-21)15-20-9-5-12-28(20)2/h4-10,12-14H,3,11,15-17H2,1-2H3. The highest BCUT2D eigenvalue weighted by Crippen LogP contribution is 2.29. The van der Waals surface area contributed by atoms with Gasteiger partial charge >= 0.3 is 6.18 Å². The third-order valence-electron chi connectivity index (χ3n) is 5.23. The van der Waals surface area contributed by atoms with Crippen LogP contribution in [-0.4, -0.2) is 39.3 Å². The fourth-order valence-electron chi connectivity index (χ4n) is 3.48. The van der Waals surface area contributed by atoms with Gasteiger partial charge in [0, 0.05) is 31.0 Å². The van der Waals surface area contributed by atoms with Gasteiger partial charge in [0.25, 0.3) is 5.91 Å². The molecule has 0 saturated heterocycles. The van der Waals surface area contributed by atoms with Gasteiger partial charge < -0.3 is 18.8 Å². The van der Waals surface area contributed by atoms with Gasteiger partial charge in [-0.05, 0) is 48.9 Å². The molecule has 2 amide bonds. The second-order valence-corrected chi connectivity index (χ2v) is 7.74. The van der Waals surface area contributed by atoms with Crippen molar-refractivity contribution >= 4 is 11.8 Å². The zero-order valence-electron chi connectivity index (χ0n) is 18.5. The zero-order valence-corrected chi connectivity index (χ0v) is 18.5. The summed E-state index contributed by atoms with van der Waals surface area (Å²) in [4.78, 5) is 29.1. The lowest BCUT2D eigenvalue weighted by molar-refractivity contribution is -0.137. The Balaban J connectivity index is 1.81. The predicted molar refractivity (Wildman–Crippen MR) is 116 cm³/mol. The highest BCUT2D eigenvalue weighted by molar-refractivity contribution is 5.96. The van der Waals surface area contributed by atoms with E-state index in [1.807, 2.05) is 36.9 Å². The third kappa shape index (κ3) is 6.27. The summed E-state index contributed by atoms with van der Waals surface area (Å²) in [5, 5.41) is 0. The number of furan rings is 1. The second-order valence-electron chi connectivity index (χ2n) is 7.74. The summed E-state index contributed by atoms with van der Waals surface area (Å²) in [6.07, 6.45) is -0.628. The molecule has 0 bridgehead atoms. The summed E-state index contributed by atoms with van der Waals surface area (Å²) in [5.41, 5.74) is -0.119. The number of amides is 2. The monoisotopic (exact) mass is 461 g/mol. The fourth-order valence-corrected chi connectivity index (χ4v) is 3.48. The summed E-state index contributed by atoms with van der Waals surface area (Å²) in [6.45, 7) is 2.31. The van der Waals surface area contributed by atoms with Crippen LogP contribution >= 0.6 is 0 Å². The number of carbonyl (C=O) groups excluding carboxylic acids is 2. The topological polar surface area (TPSA) is 58.7 Å². The smallest absolute Gasteiger partial charge is 0.416 e. The highest BCUT2D eigenvalue weighted by Gasteiger charge is 2.31. The van der Waals surface area contributed by atoms with E-state index in [9.17, 15) is 22.8 Å². The lowest BCUT2D eigenvalue weighted by Crippen LogP contribution is -2.43. The Labute approximate surface area is 190 Å².